The summed E-state index contributed by atoms with van der Waals surface area (Å²) in [7, 11) is 0. The highest BCUT2D eigenvalue weighted by molar-refractivity contribution is 5.68. The number of fused-ring (bicyclic) bond motifs is 1. The molecular formula is C11H9F3N4. The second-order valence-electron chi connectivity index (χ2n) is 3.41. The van der Waals surface area contributed by atoms with Crippen LogP contribution >= 0.6 is 0 Å². The number of rotatable bonds is 2. The van der Waals surface area contributed by atoms with E-state index in [0.29, 0.717) is 12.4 Å². The first-order valence-electron chi connectivity index (χ1n) is 5.07. The molecule has 0 fully saturated rings. The molecule has 2 aromatic heterocycles. The largest absolute Gasteiger partial charge is 0.435 e. The Morgan fingerprint density at radius 3 is 2.89 bits per heavy atom. The molecule has 0 saturated heterocycles. The van der Waals surface area contributed by atoms with E-state index in [9.17, 15) is 13.2 Å². The molecule has 2 aromatic rings. The van der Waals surface area contributed by atoms with Gasteiger partial charge in [-0.05, 0) is 6.92 Å². The summed E-state index contributed by atoms with van der Waals surface area (Å²) in [5.74, 6) is 5.74. The summed E-state index contributed by atoms with van der Waals surface area (Å²) in [6.45, 7) is 1.99. The molecule has 4 nitrogen and oxygen atoms in total. The smallest absolute Gasteiger partial charge is 0.357 e. The van der Waals surface area contributed by atoms with Crippen LogP contribution in [0.2, 0.25) is 0 Å². The van der Waals surface area contributed by atoms with Crippen LogP contribution in [0.4, 0.5) is 19.0 Å². The second-order valence-corrected chi connectivity index (χ2v) is 3.41. The van der Waals surface area contributed by atoms with Crippen LogP contribution in [0.5, 0.6) is 0 Å². The van der Waals surface area contributed by atoms with Crippen molar-refractivity contribution < 1.29 is 13.2 Å². The number of hydrogen-bond acceptors (Lipinski definition) is 3. The van der Waals surface area contributed by atoms with Crippen molar-refractivity contribution in [1.82, 2.24) is 14.6 Å². The quantitative estimate of drug-likeness (QED) is 0.835. The Hall–Kier alpha value is -2.23. The normalized spacial score (nSPS) is 11.1. The van der Waals surface area contributed by atoms with Crippen LogP contribution in [-0.2, 0) is 6.18 Å². The molecule has 94 valence electrons. The number of nitrogens with one attached hydrogen (secondary N) is 1. The van der Waals surface area contributed by atoms with Gasteiger partial charge < -0.3 is 5.32 Å². The molecule has 0 bridgehead atoms. The highest BCUT2D eigenvalue weighted by Gasteiger charge is 2.34. The van der Waals surface area contributed by atoms with Crippen LogP contribution < -0.4 is 5.32 Å². The van der Waals surface area contributed by atoms with Crippen molar-refractivity contribution in [3.05, 3.63) is 24.2 Å². The van der Waals surface area contributed by atoms with Crippen molar-refractivity contribution in [2.24, 2.45) is 0 Å². The zero-order valence-corrected chi connectivity index (χ0v) is 9.41. The standard InChI is InChI=1S/C11H9F3N4/c1-2-3-4-15-10-8-7-9(11(12,13)14)17-18(8)6-5-16-10/h5-7H,4H2,1H3,(H,15,16). The molecule has 0 aliphatic heterocycles. The molecule has 0 aromatic carbocycles. The maximum Gasteiger partial charge on any atom is 0.435 e. The van der Waals surface area contributed by atoms with Gasteiger partial charge in [0.15, 0.2) is 11.5 Å². The number of aromatic nitrogens is 3. The zero-order chi connectivity index (χ0) is 13.2. The monoisotopic (exact) mass is 254 g/mol. The number of alkyl halides is 3. The summed E-state index contributed by atoms with van der Waals surface area (Å²) in [6, 6.07) is 0.953. The molecule has 2 heterocycles. The van der Waals surface area contributed by atoms with Crippen LogP contribution in [0.1, 0.15) is 12.6 Å². The predicted molar refractivity (Wildman–Crippen MR) is 59.9 cm³/mol. The molecular weight excluding hydrogens is 245 g/mol. The van der Waals surface area contributed by atoms with Crippen molar-refractivity contribution in [3.8, 4) is 11.8 Å². The molecule has 0 spiro atoms. The Bertz CT molecular complexity index is 618. The van der Waals surface area contributed by atoms with Crippen LogP contribution in [0.25, 0.3) is 5.52 Å². The number of nitrogens with zero attached hydrogens (tertiary/aromatic N) is 3. The van der Waals surface area contributed by atoms with E-state index >= 15 is 0 Å². The lowest BCUT2D eigenvalue weighted by molar-refractivity contribution is -0.141. The predicted octanol–water partition coefficient (Wildman–Crippen LogP) is 2.18. The van der Waals surface area contributed by atoms with Crippen molar-refractivity contribution in [1.29, 1.82) is 0 Å². The highest BCUT2D eigenvalue weighted by atomic mass is 19.4. The molecule has 0 saturated carbocycles. The van der Waals surface area contributed by atoms with Gasteiger partial charge in [0.1, 0.15) is 5.52 Å². The average molecular weight is 254 g/mol. The fourth-order valence-electron chi connectivity index (χ4n) is 1.41. The number of hydrogen-bond donors (Lipinski definition) is 1. The van der Waals surface area contributed by atoms with Gasteiger partial charge in [-0.25, -0.2) is 9.50 Å². The SMILES string of the molecule is CC#CCNc1nccn2nc(C(F)(F)F)cc12. The van der Waals surface area contributed by atoms with Gasteiger partial charge in [-0.3, -0.25) is 0 Å². The number of anilines is 1. The minimum Gasteiger partial charge on any atom is -0.357 e. The van der Waals surface area contributed by atoms with Crippen LogP contribution in [0.3, 0.4) is 0 Å². The molecule has 0 amide bonds. The summed E-state index contributed by atoms with van der Waals surface area (Å²) in [5.41, 5.74) is -0.678. The van der Waals surface area contributed by atoms with Gasteiger partial charge in [-0.1, -0.05) is 5.92 Å². The molecule has 0 unspecified atom stereocenters. The third-order valence-corrected chi connectivity index (χ3v) is 2.20. The summed E-state index contributed by atoms with van der Waals surface area (Å²) in [4.78, 5) is 3.97. The van der Waals surface area contributed by atoms with E-state index in [1.807, 2.05) is 0 Å². The molecule has 0 radical (unpaired) electrons. The van der Waals surface area contributed by atoms with Gasteiger partial charge in [0, 0.05) is 18.5 Å². The Morgan fingerprint density at radius 2 is 2.22 bits per heavy atom. The zero-order valence-electron chi connectivity index (χ0n) is 9.41. The van der Waals surface area contributed by atoms with E-state index in [1.54, 1.807) is 6.92 Å². The first-order valence-corrected chi connectivity index (χ1v) is 5.07. The Kier molecular flexibility index (Phi) is 3.10. The Balaban J connectivity index is 2.41. The molecule has 0 atom stereocenters. The minimum atomic E-state index is -4.47. The summed E-state index contributed by atoms with van der Waals surface area (Å²) >= 11 is 0. The first kappa shape index (κ1) is 12.2. The van der Waals surface area contributed by atoms with E-state index in [2.05, 4.69) is 27.2 Å². The maximum atomic E-state index is 12.5. The van der Waals surface area contributed by atoms with Gasteiger partial charge in [-0.2, -0.15) is 18.3 Å². The van der Waals surface area contributed by atoms with Crippen molar-refractivity contribution >= 4 is 11.3 Å². The lowest BCUT2D eigenvalue weighted by Crippen LogP contribution is -2.05. The fourth-order valence-corrected chi connectivity index (χ4v) is 1.41. The van der Waals surface area contributed by atoms with Crippen molar-refractivity contribution in [3.63, 3.8) is 0 Å². The molecule has 0 aliphatic rings. The van der Waals surface area contributed by atoms with E-state index in [-0.39, 0.29) is 5.52 Å². The van der Waals surface area contributed by atoms with Crippen molar-refractivity contribution in [2.45, 2.75) is 13.1 Å². The molecule has 0 aliphatic carbocycles. The Labute approximate surface area is 101 Å². The summed E-state index contributed by atoms with van der Waals surface area (Å²) < 4.78 is 38.7. The molecule has 2 rings (SSSR count). The van der Waals surface area contributed by atoms with E-state index in [1.165, 1.54) is 12.4 Å². The Morgan fingerprint density at radius 1 is 1.44 bits per heavy atom. The van der Waals surface area contributed by atoms with Crippen molar-refractivity contribution in [2.75, 3.05) is 11.9 Å². The lowest BCUT2D eigenvalue weighted by Gasteiger charge is -2.02. The molecule has 7 heteroatoms. The molecule has 18 heavy (non-hydrogen) atoms. The van der Waals surface area contributed by atoms with Gasteiger partial charge in [0.05, 0.1) is 6.54 Å². The maximum absolute atomic E-state index is 12.5. The van der Waals surface area contributed by atoms with E-state index in [4.69, 9.17) is 0 Å². The summed E-state index contributed by atoms with van der Waals surface area (Å²) in [5, 5.41) is 6.29. The molecule has 1 N–H and O–H groups in total. The van der Waals surface area contributed by atoms with Crippen LogP contribution in [0, 0.1) is 11.8 Å². The summed E-state index contributed by atoms with van der Waals surface area (Å²) in [6.07, 6.45) is -1.73. The van der Waals surface area contributed by atoms with E-state index in [0.717, 1.165) is 10.6 Å². The number of halogens is 3. The second kappa shape index (κ2) is 4.56. The fraction of sp³-hybridized carbons (Fsp3) is 0.273. The van der Waals surface area contributed by atoms with Gasteiger partial charge >= 0.3 is 6.18 Å². The van der Waals surface area contributed by atoms with Crippen LogP contribution in [0.15, 0.2) is 18.5 Å². The van der Waals surface area contributed by atoms with Crippen LogP contribution in [-0.4, -0.2) is 21.1 Å². The lowest BCUT2D eigenvalue weighted by atomic mass is 10.3. The third-order valence-electron chi connectivity index (χ3n) is 2.20. The topological polar surface area (TPSA) is 42.2 Å². The third kappa shape index (κ3) is 2.37. The van der Waals surface area contributed by atoms with Gasteiger partial charge in [-0.15, -0.1) is 5.92 Å². The highest BCUT2D eigenvalue weighted by Crippen LogP contribution is 2.29. The minimum absolute atomic E-state index is 0.266. The van der Waals surface area contributed by atoms with Gasteiger partial charge in [0.25, 0.3) is 0 Å². The van der Waals surface area contributed by atoms with Gasteiger partial charge in [0.2, 0.25) is 0 Å². The first-order chi connectivity index (χ1) is 8.52. The average Bonchev–Trinajstić information content (AvgIpc) is 2.73. The van der Waals surface area contributed by atoms with E-state index < -0.39 is 11.9 Å².